The van der Waals surface area contributed by atoms with E-state index in [1.165, 1.54) is 173 Å². The van der Waals surface area contributed by atoms with Gasteiger partial charge >= 0.3 is 17.9 Å². The fourth-order valence-electron chi connectivity index (χ4n) is 8.52. The molecular formula is C58H108NO7+. The molecule has 386 valence electrons. The second-order valence-corrected chi connectivity index (χ2v) is 20.2. The average Bonchev–Trinajstić information content (AvgIpc) is 3.28. The number of hydrogen-bond donors (Lipinski definition) is 1. The number of likely N-dealkylation sites (N-methyl/N-ethyl adjacent to an activating group) is 1. The Morgan fingerprint density at radius 1 is 0.470 bits per heavy atom. The van der Waals surface area contributed by atoms with Gasteiger partial charge in [0.2, 0.25) is 0 Å². The number of carbonyl (C=O) groups is 3. The van der Waals surface area contributed by atoms with E-state index >= 15 is 0 Å². The van der Waals surface area contributed by atoms with Crippen LogP contribution in [0.15, 0.2) is 36.5 Å². The van der Waals surface area contributed by atoms with E-state index in [1.54, 1.807) is 0 Å². The summed E-state index contributed by atoms with van der Waals surface area (Å²) in [7, 11) is 5.55. The van der Waals surface area contributed by atoms with E-state index in [9.17, 15) is 19.5 Å². The maximum atomic E-state index is 12.8. The fourth-order valence-corrected chi connectivity index (χ4v) is 8.52. The van der Waals surface area contributed by atoms with Crippen LogP contribution in [-0.2, 0) is 28.6 Å². The number of quaternary nitrogens is 1. The molecule has 0 spiro atoms. The molecule has 0 rings (SSSR count). The lowest BCUT2D eigenvalue weighted by Crippen LogP contribution is -2.50. The summed E-state index contributed by atoms with van der Waals surface area (Å²) < 4.78 is 17.4. The number of nitrogens with zero attached hydrogens (tertiary/aromatic N) is 1. The number of carboxylic acids is 1. The first-order valence-corrected chi connectivity index (χ1v) is 28.0. The lowest BCUT2D eigenvalue weighted by molar-refractivity contribution is -0.887. The predicted octanol–water partition coefficient (Wildman–Crippen LogP) is 16.5. The van der Waals surface area contributed by atoms with Gasteiger partial charge < -0.3 is 23.8 Å². The number of allylic oxidation sites excluding steroid dienone is 6. The van der Waals surface area contributed by atoms with Crippen molar-refractivity contribution in [1.29, 1.82) is 0 Å². The van der Waals surface area contributed by atoms with Crippen LogP contribution in [0.3, 0.4) is 0 Å². The fraction of sp³-hybridized carbons (Fsp3) is 0.845. The van der Waals surface area contributed by atoms with Crippen molar-refractivity contribution in [2.45, 2.75) is 276 Å². The van der Waals surface area contributed by atoms with Crippen LogP contribution in [0, 0.1) is 0 Å². The first kappa shape index (κ1) is 63.5. The van der Waals surface area contributed by atoms with E-state index in [2.05, 4.69) is 50.3 Å². The van der Waals surface area contributed by atoms with Gasteiger partial charge in [-0.3, -0.25) is 9.59 Å². The molecule has 2 atom stereocenters. The second-order valence-electron chi connectivity index (χ2n) is 20.2. The summed E-state index contributed by atoms with van der Waals surface area (Å²) in [5.74, 6) is -1.45. The number of aliphatic carboxylic acids is 1. The predicted molar refractivity (Wildman–Crippen MR) is 280 cm³/mol. The highest BCUT2D eigenvalue weighted by molar-refractivity contribution is 5.72. The van der Waals surface area contributed by atoms with E-state index in [1.807, 2.05) is 21.1 Å². The molecule has 0 aliphatic heterocycles. The number of rotatable bonds is 51. The Hall–Kier alpha value is -2.45. The quantitative estimate of drug-likeness (QED) is 0.0281. The van der Waals surface area contributed by atoms with Gasteiger partial charge in [-0.25, -0.2) is 4.79 Å². The third kappa shape index (κ3) is 46.7. The van der Waals surface area contributed by atoms with E-state index < -0.39 is 18.1 Å². The minimum Gasteiger partial charge on any atom is -0.477 e. The van der Waals surface area contributed by atoms with Crippen molar-refractivity contribution in [2.24, 2.45) is 0 Å². The number of carbonyl (C=O) groups excluding carboxylic acids is 2. The van der Waals surface area contributed by atoms with Crippen molar-refractivity contribution >= 4 is 17.9 Å². The minimum absolute atomic E-state index is 0.0483. The zero-order valence-electron chi connectivity index (χ0n) is 44.2. The molecule has 0 aliphatic carbocycles. The number of esters is 2. The van der Waals surface area contributed by atoms with Crippen molar-refractivity contribution in [3.8, 4) is 0 Å². The summed E-state index contributed by atoms with van der Waals surface area (Å²) in [4.78, 5) is 37.3. The molecule has 8 nitrogen and oxygen atoms in total. The van der Waals surface area contributed by atoms with Gasteiger partial charge in [0.05, 0.1) is 34.4 Å². The molecule has 0 aromatic rings. The maximum absolute atomic E-state index is 12.8. The molecule has 1 N–H and O–H groups in total. The van der Waals surface area contributed by atoms with Crippen LogP contribution in [0.4, 0.5) is 0 Å². The molecule has 0 saturated carbocycles. The zero-order chi connectivity index (χ0) is 48.4. The summed E-state index contributed by atoms with van der Waals surface area (Å²) in [5.41, 5.74) is 0. The van der Waals surface area contributed by atoms with Crippen LogP contribution in [0.1, 0.15) is 264 Å². The summed E-state index contributed by atoms with van der Waals surface area (Å²) in [6, 6.07) is -0.615. The van der Waals surface area contributed by atoms with Gasteiger partial charge in [-0.05, 0) is 44.9 Å². The lowest BCUT2D eigenvalue weighted by Gasteiger charge is -2.31. The first-order chi connectivity index (χ1) is 32.1. The Balaban J connectivity index is 4.15. The van der Waals surface area contributed by atoms with Gasteiger partial charge in [0, 0.05) is 19.3 Å². The molecule has 8 heteroatoms. The van der Waals surface area contributed by atoms with Gasteiger partial charge in [0.25, 0.3) is 0 Å². The SMILES string of the molecule is CC/C=C/C/C=C/C/C=C/CCCCCCCCCCCCC(=O)OC(COCCC(C(=O)O)[N+](C)(C)C)COC(=O)CCCCCCCCCCCCCCCCCCCCCCCC. The summed E-state index contributed by atoms with van der Waals surface area (Å²) in [6.45, 7) is 4.67. The van der Waals surface area contributed by atoms with E-state index in [-0.39, 0.29) is 36.2 Å². The molecule has 0 amide bonds. The summed E-state index contributed by atoms with van der Waals surface area (Å²) in [5, 5.41) is 9.67. The molecule has 0 fully saturated rings. The van der Waals surface area contributed by atoms with Crippen molar-refractivity contribution in [3.05, 3.63) is 36.5 Å². The monoisotopic (exact) mass is 931 g/mol. The largest absolute Gasteiger partial charge is 0.477 e. The van der Waals surface area contributed by atoms with E-state index in [0.29, 0.717) is 19.3 Å². The van der Waals surface area contributed by atoms with E-state index in [0.717, 1.165) is 57.8 Å². The Kier molecular flexibility index (Phi) is 47.2. The first-order valence-electron chi connectivity index (χ1n) is 28.0. The van der Waals surface area contributed by atoms with Crippen LogP contribution < -0.4 is 0 Å². The number of unbranched alkanes of at least 4 members (excludes halogenated alkanes) is 31. The van der Waals surface area contributed by atoms with Gasteiger partial charge in [0.1, 0.15) is 6.61 Å². The van der Waals surface area contributed by atoms with Gasteiger partial charge in [0.15, 0.2) is 12.1 Å². The smallest absolute Gasteiger partial charge is 0.362 e. The van der Waals surface area contributed by atoms with Crippen LogP contribution in [0.2, 0.25) is 0 Å². The lowest BCUT2D eigenvalue weighted by atomic mass is 10.0. The maximum Gasteiger partial charge on any atom is 0.362 e. The number of hydrogen-bond acceptors (Lipinski definition) is 6. The van der Waals surface area contributed by atoms with Gasteiger partial charge in [-0.2, -0.15) is 0 Å². The Labute approximate surface area is 408 Å². The molecular weight excluding hydrogens is 823 g/mol. The molecule has 0 aromatic heterocycles. The topological polar surface area (TPSA) is 99.1 Å². The highest BCUT2D eigenvalue weighted by Gasteiger charge is 2.31. The van der Waals surface area contributed by atoms with Gasteiger partial charge in [-0.1, -0.05) is 237 Å². The normalized spacial score (nSPS) is 13.0. The van der Waals surface area contributed by atoms with Crippen LogP contribution in [-0.4, -0.2) is 80.6 Å². The van der Waals surface area contributed by atoms with E-state index in [4.69, 9.17) is 14.2 Å². The number of ether oxygens (including phenoxy) is 3. The van der Waals surface area contributed by atoms with Crippen molar-refractivity contribution in [2.75, 3.05) is 41.0 Å². The summed E-state index contributed by atoms with van der Waals surface area (Å²) in [6.07, 6.45) is 59.2. The molecule has 2 unspecified atom stereocenters. The molecule has 66 heavy (non-hydrogen) atoms. The second kappa shape index (κ2) is 49.0. The highest BCUT2D eigenvalue weighted by atomic mass is 16.6. The standard InChI is InChI=1S/C58H107NO7/c1-6-8-10-12-14-16-18-20-22-24-26-28-29-31-32-34-36-38-40-42-44-46-48-56(60)65-53-54(52-64-51-50-55(58(62)63)59(3,4)5)66-57(61)49-47-45-43-41-39-37-35-33-30-27-25-23-21-19-17-15-13-11-9-7-2/h9,11,15,17,21,23,54-55H,6-8,10,12-14,16,18-20,22,24-53H2,1-5H3/p+1/b11-9+,17-15+,23-21+. The molecule has 0 saturated heterocycles. The number of carboxylic acid groups (broad SMARTS) is 1. The third-order valence-electron chi connectivity index (χ3n) is 12.8. The molecule has 0 aromatic carbocycles. The Morgan fingerprint density at radius 3 is 1.26 bits per heavy atom. The summed E-state index contributed by atoms with van der Waals surface area (Å²) >= 11 is 0. The van der Waals surface area contributed by atoms with Crippen LogP contribution in [0.5, 0.6) is 0 Å². The molecule has 0 aliphatic rings. The third-order valence-corrected chi connectivity index (χ3v) is 12.8. The molecule has 0 heterocycles. The van der Waals surface area contributed by atoms with Crippen molar-refractivity contribution in [3.63, 3.8) is 0 Å². The van der Waals surface area contributed by atoms with Crippen LogP contribution in [0.25, 0.3) is 0 Å². The van der Waals surface area contributed by atoms with Crippen LogP contribution >= 0.6 is 0 Å². The zero-order valence-corrected chi connectivity index (χ0v) is 44.2. The average molecular weight is 932 g/mol. The molecule has 0 radical (unpaired) electrons. The van der Waals surface area contributed by atoms with Crippen molar-refractivity contribution in [1.82, 2.24) is 0 Å². The Morgan fingerprint density at radius 2 is 0.848 bits per heavy atom. The highest BCUT2D eigenvalue weighted by Crippen LogP contribution is 2.17. The Bertz CT molecular complexity index is 1170. The molecule has 0 bridgehead atoms. The van der Waals surface area contributed by atoms with Gasteiger partial charge in [-0.15, -0.1) is 0 Å². The van der Waals surface area contributed by atoms with Crippen molar-refractivity contribution < 1.29 is 38.2 Å². The minimum atomic E-state index is -0.872.